The van der Waals surface area contributed by atoms with Gasteiger partial charge in [-0.25, -0.2) is 9.59 Å². The third-order valence-electron chi connectivity index (χ3n) is 4.52. The van der Waals surface area contributed by atoms with Crippen molar-refractivity contribution in [2.24, 2.45) is 0 Å². The van der Waals surface area contributed by atoms with Crippen LogP contribution in [0.4, 0.5) is 0 Å². The van der Waals surface area contributed by atoms with Crippen molar-refractivity contribution in [1.29, 1.82) is 0 Å². The fourth-order valence-corrected chi connectivity index (χ4v) is 4.11. The average molecular weight is 402 g/mol. The van der Waals surface area contributed by atoms with Gasteiger partial charge in [0.15, 0.2) is 0 Å². The molecule has 1 fully saturated rings. The first-order chi connectivity index (χ1) is 13.5. The molecule has 0 saturated carbocycles. The molecule has 1 saturated heterocycles. The molecular weight excluding hydrogens is 380 g/mol. The summed E-state index contributed by atoms with van der Waals surface area (Å²) in [6.45, 7) is 3.23. The second-order valence-electron chi connectivity index (χ2n) is 6.13. The van der Waals surface area contributed by atoms with Gasteiger partial charge in [0.25, 0.3) is 0 Å². The molecule has 0 N–H and O–H groups in total. The maximum atomic E-state index is 12.0. The Morgan fingerprint density at radius 2 is 1.71 bits per heavy atom. The molecule has 0 amide bonds. The molecule has 2 heterocycles. The molecule has 3 rings (SSSR count). The molecule has 148 valence electrons. The fraction of sp³-hybridized carbons (Fsp3) is 0.333. The SMILES string of the molecule is CCC1(c2ccc(/C=C/c3ccc(C(=O)OC)c(C(=O)OC)c3)s2)OCCO1. The molecule has 1 aromatic carbocycles. The largest absolute Gasteiger partial charge is 0.465 e. The number of methoxy groups -OCH3 is 2. The van der Waals surface area contributed by atoms with Gasteiger partial charge in [-0.3, -0.25) is 0 Å². The summed E-state index contributed by atoms with van der Waals surface area (Å²) in [5.74, 6) is -1.81. The molecule has 7 heteroatoms. The van der Waals surface area contributed by atoms with E-state index in [-0.39, 0.29) is 11.1 Å². The highest BCUT2D eigenvalue weighted by Gasteiger charge is 2.37. The standard InChI is InChI=1S/C21H22O6S/c1-4-21(26-11-12-27-21)18-10-8-15(28-18)7-5-14-6-9-16(19(22)24-2)17(13-14)20(23)25-3/h5-10,13H,4,11-12H2,1-3H3/b7-5+. The second-order valence-corrected chi connectivity index (χ2v) is 7.24. The summed E-state index contributed by atoms with van der Waals surface area (Å²) < 4.78 is 21.1. The molecule has 0 radical (unpaired) electrons. The highest BCUT2D eigenvalue weighted by atomic mass is 32.1. The summed E-state index contributed by atoms with van der Waals surface area (Å²) in [5, 5.41) is 0. The molecule has 28 heavy (non-hydrogen) atoms. The monoisotopic (exact) mass is 402 g/mol. The van der Waals surface area contributed by atoms with Crippen LogP contribution in [0.1, 0.15) is 49.4 Å². The Bertz CT molecular complexity index is 892. The number of hydrogen-bond donors (Lipinski definition) is 0. The van der Waals surface area contributed by atoms with Crippen LogP contribution in [0.2, 0.25) is 0 Å². The van der Waals surface area contributed by atoms with Gasteiger partial charge in [0.05, 0.1) is 43.4 Å². The van der Waals surface area contributed by atoms with Crippen molar-refractivity contribution in [3.8, 4) is 0 Å². The van der Waals surface area contributed by atoms with Crippen LogP contribution in [0.3, 0.4) is 0 Å². The van der Waals surface area contributed by atoms with Crippen LogP contribution < -0.4 is 0 Å². The summed E-state index contributed by atoms with van der Waals surface area (Å²) in [6, 6.07) is 8.94. The van der Waals surface area contributed by atoms with Crippen LogP contribution in [-0.2, 0) is 24.7 Å². The molecule has 2 aromatic rings. The van der Waals surface area contributed by atoms with E-state index in [0.29, 0.717) is 13.2 Å². The topological polar surface area (TPSA) is 71.1 Å². The fourth-order valence-electron chi connectivity index (χ4n) is 3.03. The lowest BCUT2D eigenvalue weighted by molar-refractivity contribution is -0.164. The van der Waals surface area contributed by atoms with Gasteiger partial charge in [-0.05, 0) is 35.9 Å². The minimum absolute atomic E-state index is 0.168. The van der Waals surface area contributed by atoms with Crippen LogP contribution >= 0.6 is 11.3 Å². The highest BCUT2D eigenvalue weighted by molar-refractivity contribution is 7.13. The molecular formula is C21H22O6S. The van der Waals surface area contributed by atoms with Gasteiger partial charge in [-0.1, -0.05) is 19.1 Å². The van der Waals surface area contributed by atoms with Crippen molar-refractivity contribution in [3.05, 3.63) is 56.8 Å². The predicted octanol–water partition coefficient (Wildman–Crippen LogP) is 4.10. The first kappa shape index (κ1) is 20.3. The van der Waals surface area contributed by atoms with Gasteiger partial charge in [0.1, 0.15) is 0 Å². The minimum atomic E-state index is -0.642. The van der Waals surface area contributed by atoms with E-state index in [4.69, 9.17) is 18.9 Å². The highest BCUT2D eigenvalue weighted by Crippen LogP contribution is 2.39. The number of rotatable bonds is 6. The zero-order valence-electron chi connectivity index (χ0n) is 16.0. The summed E-state index contributed by atoms with van der Waals surface area (Å²) >= 11 is 1.60. The van der Waals surface area contributed by atoms with E-state index in [1.54, 1.807) is 29.5 Å². The van der Waals surface area contributed by atoms with E-state index in [9.17, 15) is 9.59 Å². The van der Waals surface area contributed by atoms with E-state index in [2.05, 4.69) is 0 Å². The molecule has 0 aliphatic carbocycles. The van der Waals surface area contributed by atoms with Gasteiger partial charge in [-0.15, -0.1) is 11.3 Å². The number of carbonyl (C=O) groups excluding carboxylic acids is 2. The van der Waals surface area contributed by atoms with Crippen molar-refractivity contribution in [1.82, 2.24) is 0 Å². The molecule has 1 aliphatic rings. The smallest absolute Gasteiger partial charge is 0.338 e. The lowest BCUT2D eigenvalue weighted by atomic mass is 10.0. The molecule has 6 nitrogen and oxygen atoms in total. The van der Waals surface area contributed by atoms with E-state index < -0.39 is 17.7 Å². The summed E-state index contributed by atoms with van der Waals surface area (Å²) in [5.41, 5.74) is 1.10. The molecule has 0 spiro atoms. The Morgan fingerprint density at radius 3 is 2.36 bits per heavy atom. The Morgan fingerprint density at radius 1 is 1.04 bits per heavy atom. The van der Waals surface area contributed by atoms with Crippen molar-refractivity contribution >= 4 is 35.4 Å². The van der Waals surface area contributed by atoms with E-state index >= 15 is 0 Å². The van der Waals surface area contributed by atoms with Crippen LogP contribution in [0, 0.1) is 0 Å². The van der Waals surface area contributed by atoms with Gasteiger partial charge < -0.3 is 18.9 Å². The Balaban J connectivity index is 1.85. The Kier molecular flexibility index (Phi) is 6.28. The Hall–Kier alpha value is -2.48. The van der Waals surface area contributed by atoms with Crippen LogP contribution in [-0.4, -0.2) is 39.4 Å². The molecule has 1 aliphatic heterocycles. The van der Waals surface area contributed by atoms with E-state index in [1.807, 2.05) is 31.2 Å². The lowest BCUT2D eigenvalue weighted by Gasteiger charge is -2.24. The summed E-state index contributed by atoms with van der Waals surface area (Å²) in [7, 11) is 2.54. The van der Waals surface area contributed by atoms with Gasteiger partial charge in [0, 0.05) is 11.3 Å². The number of hydrogen-bond acceptors (Lipinski definition) is 7. The van der Waals surface area contributed by atoms with E-state index in [0.717, 1.165) is 21.7 Å². The maximum absolute atomic E-state index is 12.0. The molecule has 0 bridgehead atoms. The molecule has 0 atom stereocenters. The number of benzene rings is 1. The number of thiophene rings is 1. The second kappa shape index (κ2) is 8.68. The summed E-state index contributed by atoms with van der Waals surface area (Å²) in [6.07, 6.45) is 4.56. The van der Waals surface area contributed by atoms with Crippen LogP contribution in [0.5, 0.6) is 0 Å². The van der Waals surface area contributed by atoms with Crippen molar-refractivity contribution in [2.75, 3.05) is 27.4 Å². The molecule has 1 aromatic heterocycles. The third kappa shape index (κ3) is 4.01. The number of esters is 2. The first-order valence-electron chi connectivity index (χ1n) is 8.90. The predicted molar refractivity (Wildman–Crippen MR) is 106 cm³/mol. The number of carbonyl (C=O) groups is 2. The van der Waals surface area contributed by atoms with Crippen LogP contribution in [0.15, 0.2) is 30.3 Å². The lowest BCUT2D eigenvalue weighted by Crippen LogP contribution is -2.24. The van der Waals surface area contributed by atoms with Crippen molar-refractivity contribution in [2.45, 2.75) is 19.1 Å². The van der Waals surface area contributed by atoms with Crippen molar-refractivity contribution < 1.29 is 28.5 Å². The minimum Gasteiger partial charge on any atom is -0.465 e. The third-order valence-corrected chi connectivity index (χ3v) is 5.69. The quantitative estimate of drug-likeness (QED) is 0.678. The Labute approximate surface area is 167 Å². The van der Waals surface area contributed by atoms with Crippen molar-refractivity contribution in [3.63, 3.8) is 0 Å². The van der Waals surface area contributed by atoms with Crippen LogP contribution in [0.25, 0.3) is 12.2 Å². The number of ether oxygens (including phenoxy) is 4. The normalized spacial score (nSPS) is 15.7. The zero-order chi connectivity index (χ0) is 20.1. The molecule has 0 unspecified atom stereocenters. The van der Waals surface area contributed by atoms with Gasteiger partial charge in [-0.2, -0.15) is 0 Å². The van der Waals surface area contributed by atoms with Gasteiger partial charge in [0.2, 0.25) is 5.79 Å². The first-order valence-corrected chi connectivity index (χ1v) is 9.71. The summed E-state index contributed by atoms with van der Waals surface area (Å²) in [4.78, 5) is 25.9. The maximum Gasteiger partial charge on any atom is 0.338 e. The van der Waals surface area contributed by atoms with E-state index in [1.165, 1.54) is 14.2 Å². The zero-order valence-corrected chi connectivity index (χ0v) is 16.8. The van der Waals surface area contributed by atoms with Gasteiger partial charge >= 0.3 is 11.9 Å². The average Bonchev–Trinajstić information content (AvgIpc) is 3.41.